The zero-order chi connectivity index (χ0) is 10.3. The van der Waals surface area contributed by atoms with Gasteiger partial charge in [0.1, 0.15) is 0 Å². The number of hydrogen-bond acceptors (Lipinski definition) is 0. The predicted octanol–water partition coefficient (Wildman–Crippen LogP) is 2.73. The van der Waals surface area contributed by atoms with Gasteiger partial charge < -0.3 is 0 Å². The van der Waals surface area contributed by atoms with Crippen LogP contribution in [-0.2, 0) is 5.41 Å². The maximum atomic E-state index is 4.60. The second-order valence-electron chi connectivity index (χ2n) is 3.90. The molecule has 0 spiro atoms. The topological polar surface area (TPSA) is 0 Å². The fourth-order valence-electron chi connectivity index (χ4n) is 0.938. The van der Waals surface area contributed by atoms with Crippen molar-refractivity contribution in [1.29, 1.82) is 0 Å². The molecule has 0 bridgehead atoms. The molecular weight excluding hydrogens is 151 g/mol. The van der Waals surface area contributed by atoms with Gasteiger partial charge in [0, 0.05) is 0 Å². The molecule has 0 unspecified atom stereocenters. The first-order valence-electron chi connectivity index (χ1n) is 4.45. The summed E-state index contributed by atoms with van der Waals surface area (Å²) in [7, 11) is 0. The van der Waals surface area contributed by atoms with Crippen LogP contribution in [0.2, 0.25) is 0 Å². The van der Waals surface area contributed by atoms with Crippen LogP contribution in [0.15, 0.2) is 30.3 Å². The average molecular weight is 166 g/mol. The average Bonchev–Trinajstić information content (AvgIpc) is 2.06. The Labute approximate surface area is 90.9 Å². The van der Waals surface area contributed by atoms with Crippen LogP contribution in [-0.4, -0.2) is 17.7 Å². The van der Waals surface area contributed by atoms with E-state index in [9.17, 15) is 0 Å². The van der Waals surface area contributed by atoms with Crippen molar-refractivity contribution >= 4 is 17.7 Å². The van der Waals surface area contributed by atoms with E-state index in [2.05, 4.69) is 62.1 Å². The molecule has 0 atom stereocenters. The van der Waals surface area contributed by atoms with E-state index < -0.39 is 0 Å². The van der Waals surface area contributed by atoms with Crippen LogP contribution in [0, 0.1) is 11.0 Å². The Balaban J connectivity index is 0.000000424. The van der Waals surface area contributed by atoms with Gasteiger partial charge in [-0.1, -0.05) is 51.1 Å². The Morgan fingerprint density at radius 1 is 1.15 bits per heavy atom. The third-order valence-electron chi connectivity index (χ3n) is 1.64. The zero-order valence-corrected chi connectivity index (χ0v) is 8.96. The van der Waals surface area contributed by atoms with Crippen molar-refractivity contribution in [2.45, 2.75) is 26.2 Å². The molecule has 1 aromatic carbocycles. The molecule has 13 heavy (non-hydrogen) atoms. The first-order valence-corrected chi connectivity index (χ1v) is 4.45. The van der Waals surface area contributed by atoms with E-state index in [1.807, 2.05) is 0 Å². The van der Waals surface area contributed by atoms with Gasteiger partial charge in [0.2, 0.25) is 0 Å². The Bertz CT molecular complexity index is 261. The summed E-state index contributed by atoms with van der Waals surface area (Å²) in [5.41, 5.74) is 1.69. The molecule has 1 aromatic rings. The second kappa shape index (κ2) is 5.93. The summed E-state index contributed by atoms with van der Waals surface area (Å²) in [6.07, 6.45) is 4.60. The molecule has 0 saturated carbocycles. The van der Waals surface area contributed by atoms with Crippen LogP contribution in [0.5, 0.6) is 0 Å². The minimum absolute atomic E-state index is 0.293. The standard InChI is InChI=1S/C10H14.C2H.Li/c1-10(2,3)9-7-5-4-6-8-9;1-2;/h4-8H,1-3H3;1H;. The zero-order valence-electron chi connectivity index (χ0n) is 8.96. The van der Waals surface area contributed by atoms with E-state index in [1.54, 1.807) is 17.7 Å². The molecule has 0 aliphatic carbocycles. The Morgan fingerprint density at radius 3 is 1.77 bits per heavy atom. The van der Waals surface area contributed by atoms with E-state index >= 15 is 0 Å². The van der Waals surface area contributed by atoms with Gasteiger partial charge in [-0.3, -0.25) is 0 Å². The molecule has 0 aliphatic heterocycles. The van der Waals surface area contributed by atoms with Crippen LogP contribution in [0.25, 0.3) is 0 Å². The molecule has 0 fully saturated rings. The summed E-state index contributed by atoms with van der Waals surface area (Å²) in [5, 5.41) is 0. The SMILES string of the molecule is CC(C)(C)c1ccccc1.[Li][C]#C. The van der Waals surface area contributed by atoms with Crippen molar-refractivity contribution in [3.8, 4) is 11.0 Å². The summed E-state index contributed by atoms with van der Waals surface area (Å²) >= 11 is 1.65. The first-order chi connectivity index (χ1) is 6.02. The normalized spacial score (nSPS) is 9.54. The molecule has 0 saturated heterocycles. The van der Waals surface area contributed by atoms with Crippen molar-refractivity contribution in [1.82, 2.24) is 0 Å². The molecule has 64 valence electrons. The molecule has 0 aliphatic rings. The Morgan fingerprint density at radius 2 is 1.54 bits per heavy atom. The fraction of sp³-hybridized carbons (Fsp3) is 0.333. The van der Waals surface area contributed by atoms with Gasteiger partial charge in [-0.15, -0.1) is 0 Å². The van der Waals surface area contributed by atoms with Gasteiger partial charge in [0.25, 0.3) is 0 Å². The van der Waals surface area contributed by atoms with Crippen LogP contribution in [0.1, 0.15) is 26.3 Å². The van der Waals surface area contributed by atoms with Crippen LogP contribution in [0.4, 0.5) is 0 Å². The number of rotatable bonds is 0. The molecule has 0 amide bonds. The van der Waals surface area contributed by atoms with Crippen LogP contribution in [0.3, 0.4) is 0 Å². The number of terminal acetylenes is 1. The molecule has 0 heterocycles. The van der Waals surface area contributed by atoms with Gasteiger partial charge in [-0.05, 0) is 11.0 Å². The van der Waals surface area contributed by atoms with E-state index in [-0.39, 0.29) is 0 Å². The number of benzene rings is 1. The summed E-state index contributed by atoms with van der Waals surface area (Å²) in [5.74, 6) is 0. The first kappa shape index (κ1) is 12.4. The third kappa shape index (κ3) is 5.59. The maximum absolute atomic E-state index is 4.60. The Hall–Kier alpha value is -0.623. The van der Waals surface area contributed by atoms with Crippen molar-refractivity contribution < 1.29 is 0 Å². The Kier molecular flexibility index (Phi) is 5.64. The van der Waals surface area contributed by atoms with Crippen molar-refractivity contribution in [2.75, 3.05) is 0 Å². The molecule has 0 radical (unpaired) electrons. The molecular formula is C12H15Li. The van der Waals surface area contributed by atoms with E-state index in [4.69, 9.17) is 0 Å². The summed E-state index contributed by atoms with van der Waals surface area (Å²) in [4.78, 5) is 0. The molecule has 1 heteroatoms. The van der Waals surface area contributed by atoms with Gasteiger partial charge in [0.15, 0.2) is 0 Å². The monoisotopic (exact) mass is 166 g/mol. The molecule has 0 aromatic heterocycles. The fourth-order valence-corrected chi connectivity index (χ4v) is 0.938. The minimum atomic E-state index is 0.293. The summed E-state index contributed by atoms with van der Waals surface area (Å²) in [6.45, 7) is 6.67. The molecule has 0 N–H and O–H groups in total. The summed E-state index contributed by atoms with van der Waals surface area (Å²) in [6, 6.07) is 10.6. The van der Waals surface area contributed by atoms with Gasteiger partial charge in [-0.25, -0.2) is 0 Å². The van der Waals surface area contributed by atoms with Gasteiger partial charge in [-0.2, -0.15) is 0 Å². The van der Waals surface area contributed by atoms with Crippen molar-refractivity contribution in [2.24, 2.45) is 0 Å². The predicted molar refractivity (Wildman–Crippen MR) is 59.7 cm³/mol. The van der Waals surface area contributed by atoms with Crippen LogP contribution >= 0.6 is 0 Å². The van der Waals surface area contributed by atoms with Gasteiger partial charge >= 0.3 is 28.7 Å². The van der Waals surface area contributed by atoms with Crippen molar-refractivity contribution in [3.63, 3.8) is 0 Å². The third-order valence-corrected chi connectivity index (χ3v) is 1.64. The summed E-state index contributed by atoms with van der Waals surface area (Å²) < 4.78 is 2.25. The van der Waals surface area contributed by atoms with E-state index in [0.29, 0.717) is 5.41 Å². The quantitative estimate of drug-likeness (QED) is 0.410. The van der Waals surface area contributed by atoms with E-state index in [0.717, 1.165) is 0 Å². The number of hydrogen-bond donors (Lipinski definition) is 0. The molecule has 1 rings (SSSR count). The van der Waals surface area contributed by atoms with Gasteiger partial charge in [0.05, 0.1) is 0 Å². The second-order valence-corrected chi connectivity index (χ2v) is 3.90. The van der Waals surface area contributed by atoms with E-state index in [1.165, 1.54) is 5.56 Å². The van der Waals surface area contributed by atoms with Crippen LogP contribution < -0.4 is 0 Å². The van der Waals surface area contributed by atoms with Crippen molar-refractivity contribution in [3.05, 3.63) is 35.9 Å². The molecule has 0 nitrogen and oxygen atoms in total.